The molecule has 134 valence electrons. The molecule has 1 aromatic carbocycles. The number of para-hydroxylation sites is 1. The van der Waals surface area contributed by atoms with E-state index in [0.29, 0.717) is 31.1 Å². The average Bonchev–Trinajstić information content (AvgIpc) is 2.70. The normalized spacial score (nSPS) is 10.7. The molecular weight excluding hydrogens is 330 g/mol. The van der Waals surface area contributed by atoms with Crippen LogP contribution in [0.4, 0.5) is 0 Å². The Balaban J connectivity index is 1.99. The summed E-state index contributed by atoms with van der Waals surface area (Å²) in [6.07, 6.45) is 1.72. The number of nitrogens with zero attached hydrogens (tertiary/aromatic N) is 3. The maximum Gasteiger partial charge on any atom is 0.255 e. The fourth-order valence-corrected chi connectivity index (χ4v) is 2.74. The molecule has 0 fully saturated rings. The van der Waals surface area contributed by atoms with E-state index in [2.05, 4.69) is 9.97 Å². The zero-order chi connectivity index (χ0) is 18.4. The number of benzene rings is 1. The minimum Gasteiger partial charge on any atom is -0.481 e. The molecule has 0 aliphatic carbocycles. The highest BCUT2D eigenvalue weighted by Crippen LogP contribution is 2.23. The number of ether oxygens (including phenoxy) is 2. The van der Waals surface area contributed by atoms with E-state index in [-0.39, 0.29) is 5.91 Å². The first-order chi connectivity index (χ1) is 12.7. The van der Waals surface area contributed by atoms with Gasteiger partial charge in [0.25, 0.3) is 5.91 Å². The Morgan fingerprint density at radius 2 is 1.92 bits per heavy atom. The Bertz CT molecular complexity index is 884. The molecule has 6 heteroatoms. The van der Waals surface area contributed by atoms with Gasteiger partial charge in [-0.05, 0) is 18.2 Å². The summed E-state index contributed by atoms with van der Waals surface area (Å²) in [7, 11) is 3.16. The third kappa shape index (κ3) is 3.97. The van der Waals surface area contributed by atoms with E-state index in [0.717, 1.165) is 16.6 Å². The van der Waals surface area contributed by atoms with E-state index in [9.17, 15) is 4.79 Å². The van der Waals surface area contributed by atoms with Crippen molar-refractivity contribution in [2.75, 3.05) is 27.4 Å². The molecule has 0 saturated carbocycles. The number of carbonyl (C=O) groups is 1. The lowest BCUT2D eigenvalue weighted by atomic mass is 10.1. The van der Waals surface area contributed by atoms with Gasteiger partial charge in [-0.3, -0.25) is 9.78 Å². The van der Waals surface area contributed by atoms with Gasteiger partial charge >= 0.3 is 0 Å². The van der Waals surface area contributed by atoms with Crippen LogP contribution in [0.1, 0.15) is 16.1 Å². The van der Waals surface area contributed by atoms with Gasteiger partial charge in [-0.15, -0.1) is 0 Å². The molecule has 0 atom stereocenters. The molecule has 2 aromatic heterocycles. The molecule has 0 N–H and O–H groups in total. The molecule has 0 radical (unpaired) electrons. The second-order valence-electron chi connectivity index (χ2n) is 5.77. The minimum atomic E-state index is -0.107. The molecule has 0 saturated heterocycles. The number of rotatable bonds is 7. The van der Waals surface area contributed by atoms with Crippen molar-refractivity contribution in [3.8, 4) is 5.88 Å². The molecule has 0 aliphatic rings. The summed E-state index contributed by atoms with van der Waals surface area (Å²) in [6.45, 7) is 1.31. The Kier molecular flexibility index (Phi) is 5.76. The highest BCUT2D eigenvalue weighted by Gasteiger charge is 2.20. The quantitative estimate of drug-likeness (QED) is 0.655. The zero-order valence-electron chi connectivity index (χ0n) is 14.9. The zero-order valence-corrected chi connectivity index (χ0v) is 14.9. The summed E-state index contributed by atoms with van der Waals surface area (Å²) in [6, 6.07) is 14.9. The highest BCUT2D eigenvalue weighted by atomic mass is 16.5. The van der Waals surface area contributed by atoms with Crippen molar-refractivity contribution in [3.63, 3.8) is 0 Å². The Morgan fingerprint density at radius 1 is 1.12 bits per heavy atom. The Hall–Kier alpha value is -2.99. The van der Waals surface area contributed by atoms with Crippen molar-refractivity contribution in [3.05, 3.63) is 66.0 Å². The van der Waals surface area contributed by atoms with E-state index in [1.165, 1.54) is 0 Å². The molecule has 0 unspecified atom stereocenters. The topological polar surface area (TPSA) is 64.5 Å². The summed E-state index contributed by atoms with van der Waals surface area (Å²) >= 11 is 0. The fourth-order valence-electron chi connectivity index (χ4n) is 2.74. The van der Waals surface area contributed by atoms with E-state index < -0.39 is 0 Å². The van der Waals surface area contributed by atoms with Gasteiger partial charge in [0.05, 0.1) is 37.0 Å². The van der Waals surface area contributed by atoms with Crippen molar-refractivity contribution in [1.82, 2.24) is 14.9 Å². The monoisotopic (exact) mass is 351 g/mol. The largest absolute Gasteiger partial charge is 0.481 e. The van der Waals surface area contributed by atoms with Gasteiger partial charge in [-0.25, -0.2) is 4.98 Å². The number of aromatic nitrogens is 2. The molecule has 1 amide bonds. The first-order valence-electron chi connectivity index (χ1n) is 8.35. The molecule has 2 heterocycles. The number of carbonyl (C=O) groups excluding carboxylic acids is 1. The fraction of sp³-hybridized carbons (Fsp3) is 0.250. The molecule has 3 aromatic rings. The Labute approximate surface area is 152 Å². The molecule has 3 rings (SSSR count). The van der Waals surface area contributed by atoms with Crippen LogP contribution in [0.3, 0.4) is 0 Å². The standard InChI is InChI=1S/C20H21N3O3/c1-25-12-11-23(14-15-7-5-6-10-21-15)20(24)17-13-19(26-2)22-18-9-4-3-8-16(17)18/h3-10,13H,11-12,14H2,1-2H3. The first-order valence-corrected chi connectivity index (χ1v) is 8.35. The lowest BCUT2D eigenvalue weighted by Gasteiger charge is -2.23. The maximum absolute atomic E-state index is 13.3. The number of amides is 1. The molecule has 6 nitrogen and oxygen atoms in total. The van der Waals surface area contributed by atoms with E-state index in [1.54, 1.807) is 31.4 Å². The molecule has 26 heavy (non-hydrogen) atoms. The van der Waals surface area contributed by atoms with Crippen LogP contribution in [0.2, 0.25) is 0 Å². The lowest BCUT2D eigenvalue weighted by molar-refractivity contribution is 0.0679. The molecule has 0 aliphatic heterocycles. The van der Waals surface area contributed by atoms with Crippen molar-refractivity contribution in [2.45, 2.75) is 6.54 Å². The SMILES string of the molecule is COCCN(Cc1ccccn1)C(=O)c1cc(OC)nc2ccccc12. The number of fused-ring (bicyclic) bond motifs is 1. The van der Waals surface area contributed by atoms with Crippen LogP contribution in [0.25, 0.3) is 10.9 Å². The molecule has 0 spiro atoms. The third-order valence-corrected chi connectivity index (χ3v) is 4.06. The predicted molar refractivity (Wildman–Crippen MR) is 99.1 cm³/mol. The van der Waals surface area contributed by atoms with Crippen LogP contribution in [0.5, 0.6) is 5.88 Å². The van der Waals surface area contributed by atoms with Crippen molar-refractivity contribution in [1.29, 1.82) is 0 Å². The number of pyridine rings is 2. The van der Waals surface area contributed by atoms with Gasteiger partial charge in [0.2, 0.25) is 5.88 Å². The lowest BCUT2D eigenvalue weighted by Crippen LogP contribution is -2.34. The van der Waals surface area contributed by atoms with E-state index >= 15 is 0 Å². The summed E-state index contributed by atoms with van der Waals surface area (Å²) in [5, 5.41) is 0.793. The van der Waals surface area contributed by atoms with Gasteiger partial charge in [-0.2, -0.15) is 0 Å². The third-order valence-electron chi connectivity index (χ3n) is 4.06. The molecular formula is C20H21N3O3. The summed E-state index contributed by atoms with van der Waals surface area (Å²) in [4.78, 5) is 23.8. The van der Waals surface area contributed by atoms with Crippen LogP contribution >= 0.6 is 0 Å². The maximum atomic E-state index is 13.3. The van der Waals surface area contributed by atoms with Crippen molar-refractivity contribution < 1.29 is 14.3 Å². The summed E-state index contributed by atoms with van der Waals surface area (Å²) in [5.41, 5.74) is 2.10. The highest BCUT2D eigenvalue weighted by molar-refractivity contribution is 6.06. The second kappa shape index (κ2) is 8.40. The van der Waals surface area contributed by atoms with Crippen LogP contribution in [-0.4, -0.2) is 48.1 Å². The van der Waals surface area contributed by atoms with Crippen LogP contribution in [0.15, 0.2) is 54.7 Å². The van der Waals surface area contributed by atoms with Gasteiger partial charge in [0, 0.05) is 31.3 Å². The number of hydrogen-bond donors (Lipinski definition) is 0. The minimum absolute atomic E-state index is 0.107. The number of hydrogen-bond acceptors (Lipinski definition) is 5. The van der Waals surface area contributed by atoms with Gasteiger partial charge in [0.15, 0.2) is 0 Å². The number of methoxy groups -OCH3 is 2. The van der Waals surface area contributed by atoms with Crippen molar-refractivity contribution >= 4 is 16.8 Å². The summed E-state index contributed by atoms with van der Waals surface area (Å²) in [5.74, 6) is 0.307. The van der Waals surface area contributed by atoms with Gasteiger partial charge in [0.1, 0.15) is 0 Å². The molecule has 0 bridgehead atoms. The van der Waals surface area contributed by atoms with Crippen LogP contribution < -0.4 is 4.74 Å². The van der Waals surface area contributed by atoms with E-state index in [4.69, 9.17) is 9.47 Å². The Morgan fingerprint density at radius 3 is 2.65 bits per heavy atom. The van der Waals surface area contributed by atoms with Gasteiger partial charge < -0.3 is 14.4 Å². The van der Waals surface area contributed by atoms with Crippen molar-refractivity contribution in [2.24, 2.45) is 0 Å². The first kappa shape index (κ1) is 17.8. The summed E-state index contributed by atoms with van der Waals surface area (Å²) < 4.78 is 10.5. The predicted octanol–water partition coefficient (Wildman–Crippen LogP) is 2.93. The van der Waals surface area contributed by atoms with Crippen LogP contribution in [0, 0.1) is 0 Å². The average molecular weight is 351 g/mol. The smallest absolute Gasteiger partial charge is 0.255 e. The van der Waals surface area contributed by atoms with Crippen LogP contribution in [-0.2, 0) is 11.3 Å². The van der Waals surface area contributed by atoms with Gasteiger partial charge in [-0.1, -0.05) is 24.3 Å². The second-order valence-corrected chi connectivity index (χ2v) is 5.77. The van der Waals surface area contributed by atoms with E-state index in [1.807, 2.05) is 42.5 Å².